The van der Waals surface area contributed by atoms with Gasteiger partial charge in [-0.25, -0.2) is 0 Å². The summed E-state index contributed by atoms with van der Waals surface area (Å²) in [5.74, 6) is 0. The van der Waals surface area contributed by atoms with Crippen LogP contribution in [0.4, 0.5) is 5.69 Å². The van der Waals surface area contributed by atoms with Gasteiger partial charge in [-0.05, 0) is 56.2 Å². The molecule has 4 heteroatoms. The number of nitrogen functional groups attached to an aromatic ring is 1. The molecule has 1 unspecified atom stereocenters. The van der Waals surface area contributed by atoms with Crippen LogP contribution in [0.1, 0.15) is 37.7 Å². The first-order chi connectivity index (χ1) is 9.25. The summed E-state index contributed by atoms with van der Waals surface area (Å²) in [6, 6.07) is 5.70. The molecule has 1 aromatic carbocycles. The maximum Gasteiger partial charge on any atom is 0.157 e. The molecule has 3 nitrogen and oxygen atoms in total. The van der Waals surface area contributed by atoms with E-state index in [4.69, 9.17) is 26.8 Å². The van der Waals surface area contributed by atoms with E-state index in [1.165, 1.54) is 12.0 Å². The fraction of sp³-hybridized carbons (Fsp3) is 0.600. The highest BCUT2D eigenvalue weighted by molar-refractivity contribution is 6.30. The van der Waals surface area contributed by atoms with Crippen LogP contribution in [0, 0.1) is 0 Å². The Balaban J connectivity index is 1.61. The van der Waals surface area contributed by atoms with E-state index in [9.17, 15) is 0 Å². The summed E-state index contributed by atoms with van der Waals surface area (Å²) >= 11 is 5.87. The first kappa shape index (κ1) is 14.6. The summed E-state index contributed by atoms with van der Waals surface area (Å²) in [6.45, 7) is 1.60. The molecule has 0 aromatic heterocycles. The van der Waals surface area contributed by atoms with E-state index in [2.05, 4.69) is 0 Å². The molecular weight excluding hydrogens is 262 g/mol. The number of rotatable bonds is 6. The van der Waals surface area contributed by atoms with Crippen molar-refractivity contribution in [1.82, 2.24) is 0 Å². The maximum atomic E-state index is 5.92. The van der Waals surface area contributed by atoms with Crippen LogP contribution in [0.3, 0.4) is 0 Å². The zero-order valence-electron chi connectivity index (χ0n) is 11.2. The van der Waals surface area contributed by atoms with Crippen molar-refractivity contribution in [3.63, 3.8) is 0 Å². The number of aryl methyl sites for hydroxylation is 1. The Morgan fingerprint density at radius 3 is 2.95 bits per heavy atom. The molecule has 0 radical (unpaired) electrons. The first-order valence-electron chi connectivity index (χ1n) is 7.03. The van der Waals surface area contributed by atoms with Crippen molar-refractivity contribution in [2.75, 3.05) is 18.9 Å². The molecule has 1 aromatic rings. The third kappa shape index (κ3) is 5.01. The SMILES string of the molecule is Nc1cc(Cl)ccc1CCCCOC1CCCCO1. The number of hydrogen-bond acceptors (Lipinski definition) is 3. The summed E-state index contributed by atoms with van der Waals surface area (Å²) < 4.78 is 11.2. The summed E-state index contributed by atoms with van der Waals surface area (Å²) in [5.41, 5.74) is 7.86. The van der Waals surface area contributed by atoms with Crippen molar-refractivity contribution in [2.24, 2.45) is 0 Å². The van der Waals surface area contributed by atoms with Crippen molar-refractivity contribution in [3.05, 3.63) is 28.8 Å². The van der Waals surface area contributed by atoms with Crippen LogP contribution < -0.4 is 5.73 Å². The highest BCUT2D eigenvalue weighted by Crippen LogP contribution is 2.20. The Hall–Kier alpha value is -0.770. The lowest BCUT2D eigenvalue weighted by Crippen LogP contribution is -2.22. The largest absolute Gasteiger partial charge is 0.398 e. The van der Waals surface area contributed by atoms with E-state index in [1.54, 1.807) is 0 Å². The van der Waals surface area contributed by atoms with Gasteiger partial charge in [-0.15, -0.1) is 0 Å². The van der Waals surface area contributed by atoms with Crippen LogP contribution in [0.25, 0.3) is 0 Å². The molecule has 2 rings (SSSR count). The number of ether oxygens (including phenoxy) is 2. The van der Waals surface area contributed by atoms with Gasteiger partial charge in [-0.2, -0.15) is 0 Å². The fourth-order valence-corrected chi connectivity index (χ4v) is 2.45. The highest BCUT2D eigenvalue weighted by Gasteiger charge is 2.13. The van der Waals surface area contributed by atoms with E-state index < -0.39 is 0 Å². The van der Waals surface area contributed by atoms with Gasteiger partial charge in [-0.3, -0.25) is 0 Å². The Bertz CT molecular complexity index is 392. The topological polar surface area (TPSA) is 44.5 Å². The van der Waals surface area contributed by atoms with E-state index >= 15 is 0 Å². The average Bonchev–Trinajstić information content (AvgIpc) is 2.42. The molecule has 1 aliphatic rings. The van der Waals surface area contributed by atoms with Gasteiger partial charge in [0.15, 0.2) is 6.29 Å². The maximum absolute atomic E-state index is 5.92. The Morgan fingerprint density at radius 2 is 2.21 bits per heavy atom. The lowest BCUT2D eigenvalue weighted by molar-refractivity contribution is -0.162. The average molecular weight is 284 g/mol. The summed E-state index contributed by atoms with van der Waals surface area (Å²) in [5, 5.41) is 0.694. The zero-order chi connectivity index (χ0) is 13.5. The van der Waals surface area contributed by atoms with Gasteiger partial charge < -0.3 is 15.2 Å². The molecule has 1 atom stereocenters. The van der Waals surface area contributed by atoms with Crippen LogP contribution in [-0.4, -0.2) is 19.5 Å². The third-order valence-electron chi connectivity index (χ3n) is 3.39. The van der Waals surface area contributed by atoms with Gasteiger partial charge in [0.05, 0.1) is 0 Å². The molecule has 1 aliphatic heterocycles. The second-order valence-corrected chi connectivity index (χ2v) is 5.40. The molecule has 1 heterocycles. The van der Waals surface area contributed by atoms with E-state index in [-0.39, 0.29) is 6.29 Å². The van der Waals surface area contributed by atoms with Crippen molar-refractivity contribution in [3.8, 4) is 0 Å². The quantitative estimate of drug-likeness (QED) is 0.638. The van der Waals surface area contributed by atoms with E-state index in [0.717, 1.165) is 51.0 Å². The molecule has 1 saturated heterocycles. The Labute approximate surface area is 120 Å². The molecular formula is C15H22ClNO2. The normalized spacial score (nSPS) is 19.5. The van der Waals surface area contributed by atoms with Gasteiger partial charge in [-0.1, -0.05) is 17.7 Å². The molecule has 2 N–H and O–H groups in total. The number of benzene rings is 1. The second-order valence-electron chi connectivity index (χ2n) is 4.97. The molecule has 19 heavy (non-hydrogen) atoms. The Morgan fingerprint density at radius 1 is 1.32 bits per heavy atom. The monoisotopic (exact) mass is 283 g/mol. The van der Waals surface area contributed by atoms with Crippen LogP contribution in [-0.2, 0) is 15.9 Å². The Kier molecular flexibility index (Phi) is 5.95. The second kappa shape index (κ2) is 7.73. The fourth-order valence-electron chi connectivity index (χ4n) is 2.27. The third-order valence-corrected chi connectivity index (χ3v) is 3.63. The molecule has 0 bridgehead atoms. The van der Waals surface area contributed by atoms with Gasteiger partial charge in [0.1, 0.15) is 0 Å². The molecule has 106 valence electrons. The first-order valence-corrected chi connectivity index (χ1v) is 7.40. The minimum atomic E-state index is 0.0225. The van der Waals surface area contributed by atoms with Crippen LogP contribution >= 0.6 is 11.6 Å². The molecule has 0 aliphatic carbocycles. The highest BCUT2D eigenvalue weighted by atomic mass is 35.5. The number of halogens is 1. The zero-order valence-corrected chi connectivity index (χ0v) is 12.0. The van der Waals surface area contributed by atoms with Crippen molar-refractivity contribution in [2.45, 2.75) is 44.8 Å². The predicted molar refractivity (Wildman–Crippen MR) is 78.3 cm³/mol. The number of hydrogen-bond donors (Lipinski definition) is 1. The van der Waals surface area contributed by atoms with Crippen molar-refractivity contribution < 1.29 is 9.47 Å². The summed E-state index contributed by atoms with van der Waals surface area (Å²) in [4.78, 5) is 0. The van der Waals surface area contributed by atoms with Gasteiger partial charge in [0, 0.05) is 23.9 Å². The lowest BCUT2D eigenvalue weighted by Gasteiger charge is -2.22. The van der Waals surface area contributed by atoms with E-state index in [0.29, 0.717) is 5.02 Å². The van der Waals surface area contributed by atoms with Crippen LogP contribution in [0.15, 0.2) is 18.2 Å². The number of anilines is 1. The predicted octanol–water partition coefficient (Wildman–Crippen LogP) is 3.79. The smallest absolute Gasteiger partial charge is 0.157 e. The molecule has 0 saturated carbocycles. The standard InChI is InChI=1S/C15H22ClNO2/c16-13-8-7-12(14(17)11-13)5-1-3-9-18-15-6-2-4-10-19-15/h7-8,11,15H,1-6,9-10,17H2. The summed E-state index contributed by atoms with van der Waals surface area (Å²) in [6.07, 6.45) is 6.50. The minimum absolute atomic E-state index is 0.0225. The summed E-state index contributed by atoms with van der Waals surface area (Å²) in [7, 11) is 0. The van der Waals surface area contributed by atoms with Crippen molar-refractivity contribution >= 4 is 17.3 Å². The van der Waals surface area contributed by atoms with Gasteiger partial charge in [0.25, 0.3) is 0 Å². The molecule has 0 amide bonds. The number of nitrogens with two attached hydrogens (primary N) is 1. The van der Waals surface area contributed by atoms with Gasteiger partial charge >= 0.3 is 0 Å². The lowest BCUT2D eigenvalue weighted by atomic mass is 10.1. The minimum Gasteiger partial charge on any atom is -0.398 e. The van der Waals surface area contributed by atoms with Crippen LogP contribution in [0.2, 0.25) is 5.02 Å². The van der Waals surface area contributed by atoms with E-state index in [1.807, 2.05) is 18.2 Å². The van der Waals surface area contributed by atoms with Gasteiger partial charge in [0.2, 0.25) is 0 Å². The van der Waals surface area contributed by atoms with Crippen molar-refractivity contribution in [1.29, 1.82) is 0 Å². The number of unbranched alkanes of at least 4 members (excludes halogenated alkanes) is 1. The molecule has 0 spiro atoms. The van der Waals surface area contributed by atoms with Crippen LogP contribution in [0.5, 0.6) is 0 Å². The molecule has 1 fully saturated rings.